The van der Waals surface area contributed by atoms with Crippen molar-refractivity contribution in [3.8, 4) is 0 Å². The fraction of sp³-hybridized carbons (Fsp3) is 0.400. The van der Waals surface area contributed by atoms with Crippen molar-refractivity contribution < 1.29 is 32.6 Å². The molecule has 0 spiro atoms. The molecule has 1 aromatic heterocycles. The van der Waals surface area contributed by atoms with Crippen LogP contribution in [0.25, 0.3) is 0 Å². The number of hydrogen-bond acceptors (Lipinski definition) is 5. The predicted octanol–water partition coefficient (Wildman–Crippen LogP) is 5.79. The number of carbonyl (C=O) groups is 2. The van der Waals surface area contributed by atoms with Crippen LogP contribution < -0.4 is 0 Å². The minimum atomic E-state index is -4.61. The summed E-state index contributed by atoms with van der Waals surface area (Å²) in [6.45, 7) is 6.40. The van der Waals surface area contributed by atoms with Crippen LogP contribution >= 0.6 is 0 Å². The number of benzene rings is 2. The average molecular weight is 556 g/mol. The lowest BCUT2D eigenvalue weighted by molar-refractivity contribution is -0.139. The van der Waals surface area contributed by atoms with Crippen LogP contribution in [-0.4, -0.2) is 44.2 Å². The molecule has 2 heterocycles. The van der Waals surface area contributed by atoms with Crippen molar-refractivity contribution in [1.29, 1.82) is 0 Å². The van der Waals surface area contributed by atoms with E-state index in [0.29, 0.717) is 30.6 Å². The fourth-order valence-corrected chi connectivity index (χ4v) is 4.74. The zero-order valence-electron chi connectivity index (χ0n) is 22.7. The van der Waals surface area contributed by atoms with Gasteiger partial charge in [-0.15, -0.1) is 0 Å². The topological polar surface area (TPSA) is 92.6 Å². The van der Waals surface area contributed by atoms with E-state index in [0.717, 1.165) is 22.9 Å². The lowest BCUT2D eigenvalue weighted by Crippen LogP contribution is -2.39. The molecule has 10 heteroatoms. The minimum absolute atomic E-state index is 0.00825. The smallest absolute Gasteiger partial charge is 0.419 e. The summed E-state index contributed by atoms with van der Waals surface area (Å²) < 4.78 is 46.7. The SMILES string of the molecule is CC(C)(C)OC(=O)N1CCc2cc(Cc3ncc(C(F)(F)F)c(CCc4ccccc4CC(=O)O)n3)ccc2C1. The van der Waals surface area contributed by atoms with E-state index in [1.165, 1.54) is 0 Å². The molecule has 7 nitrogen and oxygen atoms in total. The summed E-state index contributed by atoms with van der Waals surface area (Å²) in [5.41, 5.74) is 2.58. The Morgan fingerprint density at radius 1 is 1.02 bits per heavy atom. The van der Waals surface area contributed by atoms with Gasteiger partial charge in [0, 0.05) is 25.7 Å². The van der Waals surface area contributed by atoms with Crippen molar-refractivity contribution in [3.05, 3.63) is 93.6 Å². The van der Waals surface area contributed by atoms with E-state index in [-0.39, 0.29) is 43.3 Å². The Morgan fingerprint density at radius 2 is 1.75 bits per heavy atom. The van der Waals surface area contributed by atoms with Crippen LogP contribution in [0, 0.1) is 0 Å². The van der Waals surface area contributed by atoms with E-state index >= 15 is 0 Å². The third kappa shape index (κ3) is 7.58. The molecule has 0 aliphatic carbocycles. The molecule has 0 atom stereocenters. The number of hydrogen-bond donors (Lipinski definition) is 1. The van der Waals surface area contributed by atoms with Gasteiger partial charge in [-0.3, -0.25) is 4.79 Å². The molecule has 212 valence electrons. The van der Waals surface area contributed by atoms with E-state index in [4.69, 9.17) is 9.84 Å². The number of carboxylic acids is 1. The fourth-order valence-electron chi connectivity index (χ4n) is 4.74. The molecule has 1 amide bonds. The molecule has 40 heavy (non-hydrogen) atoms. The third-order valence-corrected chi connectivity index (χ3v) is 6.61. The second-order valence-corrected chi connectivity index (χ2v) is 10.9. The number of aromatic nitrogens is 2. The van der Waals surface area contributed by atoms with E-state index in [9.17, 15) is 22.8 Å². The first-order valence-electron chi connectivity index (χ1n) is 13.1. The lowest BCUT2D eigenvalue weighted by Gasteiger charge is -2.31. The third-order valence-electron chi connectivity index (χ3n) is 6.61. The maximum Gasteiger partial charge on any atom is 0.419 e. The Hall–Kier alpha value is -3.95. The lowest BCUT2D eigenvalue weighted by atomic mass is 9.96. The number of alkyl halides is 3. The molecule has 0 bridgehead atoms. The molecule has 1 aliphatic heterocycles. The van der Waals surface area contributed by atoms with Crippen LogP contribution in [0.1, 0.15) is 65.7 Å². The summed E-state index contributed by atoms with van der Waals surface area (Å²) in [6.07, 6.45) is -3.25. The molecule has 0 radical (unpaired) electrons. The van der Waals surface area contributed by atoms with Crippen LogP contribution in [0.2, 0.25) is 0 Å². The van der Waals surface area contributed by atoms with Crippen LogP contribution in [0.3, 0.4) is 0 Å². The van der Waals surface area contributed by atoms with Crippen molar-refractivity contribution in [1.82, 2.24) is 14.9 Å². The Kier molecular flexibility index (Phi) is 8.46. The molecule has 2 aromatic carbocycles. The van der Waals surface area contributed by atoms with Gasteiger partial charge in [-0.1, -0.05) is 42.5 Å². The number of carbonyl (C=O) groups excluding carboxylic acids is 1. The first-order valence-corrected chi connectivity index (χ1v) is 13.1. The Bertz CT molecular complexity index is 1400. The highest BCUT2D eigenvalue weighted by Crippen LogP contribution is 2.32. The molecule has 1 aliphatic rings. The highest BCUT2D eigenvalue weighted by atomic mass is 19.4. The van der Waals surface area contributed by atoms with Crippen LogP contribution in [0.4, 0.5) is 18.0 Å². The summed E-state index contributed by atoms with van der Waals surface area (Å²) in [4.78, 5) is 33.6. The van der Waals surface area contributed by atoms with Gasteiger partial charge in [-0.05, 0) is 67.9 Å². The maximum absolute atomic E-state index is 13.8. The largest absolute Gasteiger partial charge is 0.481 e. The van der Waals surface area contributed by atoms with Crippen molar-refractivity contribution in [2.75, 3.05) is 6.54 Å². The van der Waals surface area contributed by atoms with E-state index in [2.05, 4.69) is 9.97 Å². The summed E-state index contributed by atoms with van der Waals surface area (Å²) in [5, 5.41) is 9.16. The Labute approximate surface area is 231 Å². The monoisotopic (exact) mass is 555 g/mol. The van der Waals surface area contributed by atoms with Gasteiger partial charge in [-0.2, -0.15) is 13.2 Å². The minimum Gasteiger partial charge on any atom is -0.481 e. The zero-order valence-corrected chi connectivity index (χ0v) is 22.7. The molecule has 1 N–H and O–H groups in total. The van der Waals surface area contributed by atoms with Crippen LogP contribution in [0.15, 0.2) is 48.7 Å². The molecule has 4 rings (SSSR count). The molecule has 0 unspecified atom stereocenters. The molecular weight excluding hydrogens is 523 g/mol. The number of carboxylic acid groups (broad SMARTS) is 1. The number of halogens is 3. The molecule has 0 saturated carbocycles. The summed E-state index contributed by atoms with van der Waals surface area (Å²) in [7, 11) is 0. The van der Waals surface area contributed by atoms with Crippen molar-refractivity contribution in [2.45, 2.75) is 71.2 Å². The van der Waals surface area contributed by atoms with Gasteiger partial charge < -0.3 is 14.7 Å². The highest BCUT2D eigenvalue weighted by Gasteiger charge is 2.35. The van der Waals surface area contributed by atoms with Gasteiger partial charge in [0.25, 0.3) is 0 Å². The summed E-state index contributed by atoms with van der Waals surface area (Å²) >= 11 is 0. The second kappa shape index (κ2) is 11.7. The first kappa shape index (κ1) is 29.0. The summed E-state index contributed by atoms with van der Waals surface area (Å²) in [6, 6.07) is 12.6. The molecule has 0 fully saturated rings. The van der Waals surface area contributed by atoms with Crippen LogP contribution in [0.5, 0.6) is 0 Å². The Balaban J connectivity index is 1.51. The van der Waals surface area contributed by atoms with Crippen molar-refractivity contribution in [3.63, 3.8) is 0 Å². The number of fused-ring (bicyclic) bond motifs is 1. The normalized spacial score (nSPS) is 13.6. The predicted molar refractivity (Wildman–Crippen MR) is 142 cm³/mol. The highest BCUT2D eigenvalue weighted by molar-refractivity contribution is 5.70. The quantitative estimate of drug-likeness (QED) is 0.397. The number of amides is 1. The molecule has 3 aromatic rings. The van der Waals surface area contributed by atoms with Gasteiger partial charge in [-0.25, -0.2) is 14.8 Å². The number of rotatable bonds is 7. The van der Waals surface area contributed by atoms with Gasteiger partial charge in [0.1, 0.15) is 11.4 Å². The van der Waals surface area contributed by atoms with Gasteiger partial charge in [0.2, 0.25) is 0 Å². The van der Waals surface area contributed by atoms with Gasteiger partial charge in [0.05, 0.1) is 17.7 Å². The van der Waals surface area contributed by atoms with E-state index in [1.807, 2.05) is 39.0 Å². The molecule has 0 saturated heterocycles. The first-order chi connectivity index (χ1) is 18.8. The number of aryl methyl sites for hydroxylation is 2. The van der Waals surface area contributed by atoms with Crippen molar-refractivity contribution >= 4 is 12.1 Å². The average Bonchev–Trinajstić information content (AvgIpc) is 2.86. The van der Waals surface area contributed by atoms with Gasteiger partial charge >= 0.3 is 18.2 Å². The number of nitrogens with zero attached hydrogens (tertiary/aromatic N) is 3. The summed E-state index contributed by atoms with van der Waals surface area (Å²) in [5.74, 6) is -0.733. The van der Waals surface area contributed by atoms with Crippen LogP contribution in [-0.2, 0) is 54.4 Å². The standard InChI is InChI=1S/C30H32F3N3O4/c1-29(2,3)40-28(39)36-13-12-22-14-19(8-9-23(22)18-36)15-26-34-17-24(30(31,32)33)25(35-26)11-10-20-6-4-5-7-21(20)16-27(37)38/h4-9,14,17H,10-13,15-16,18H2,1-3H3,(H,37,38). The maximum atomic E-state index is 13.8. The second-order valence-electron chi connectivity index (χ2n) is 10.9. The number of aliphatic carboxylic acids is 1. The molecular formula is C30H32F3N3O4. The van der Waals surface area contributed by atoms with E-state index in [1.54, 1.807) is 29.2 Å². The number of ether oxygens (including phenoxy) is 1. The van der Waals surface area contributed by atoms with Crippen molar-refractivity contribution in [2.24, 2.45) is 0 Å². The van der Waals surface area contributed by atoms with Gasteiger partial charge in [0.15, 0.2) is 0 Å². The zero-order chi connectivity index (χ0) is 29.1. The Morgan fingerprint density at radius 3 is 2.42 bits per heavy atom. The van der Waals surface area contributed by atoms with E-state index < -0.39 is 23.3 Å².